The van der Waals surface area contributed by atoms with Gasteiger partial charge < -0.3 is 19.9 Å². The lowest BCUT2D eigenvalue weighted by Crippen LogP contribution is -2.05. The molecule has 6 heteroatoms. The maximum atomic E-state index is 11.8. The van der Waals surface area contributed by atoms with Gasteiger partial charge in [-0.2, -0.15) is 0 Å². The number of hydrogen-bond donors (Lipinski definition) is 1. The van der Waals surface area contributed by atoms with Crippen molar-refractivity contribution in [1.29, 1.82) is 0 Å². The minimum absolute atomic E-state index is 0.319. The number of esters is 1. The van der Waals surface area contributed by atoms with Crippen LogP contribution in [0.5, 0.6) is 11.5 Å². The molecule has 2 aromatic rings. The maximum Gasteiger partial charge on any atom is 0.341 e. The zero-order chi connectivity index (χ0) is 15.4. The summed E-state index contributed by atoms with van der Waals surface area (Å²) in [6, 6.07) is 7.29. The number of carbonyl (C=O) groups excluding carboxylic acids is 1. The first-order valence-electron chi connectivity index (χ1n) is 6.39. The smallest absolute Gasteiger partial charge is 0.341 e. The van der Waals surface area contributed by atoms with Gasteiger partial charge >= 0.3 is 5.97 Å². The van der Waals surface area contributed by atoms with E-state index < -0.39 is 5.97 Å². The number of benzene rings is 1. The van der Waals surface area contributed by atoms with Gasteiger partial charge in [0.25, 0.3) is 0 Å². The van der Waals surface area contributed by atoms with Crippen molar-refractivity contribution >= 4 is 22.3 Å². The average molecular weight is 307 g/mol. The summed E-state index contributed by atoms with van der Waals surface area (Å²) in [4.78, 5) is 12.7. The summed E-state index contributed by atoms with van der Waals surface area (Å²) in [5.74, 6) is 0.869. The highest BCUT2D eigenvalue weighted by Crippen LogP contribution is 2.38. The molecule has 0 atom stereocenters. The number of anilines is 1. The molecule has 1 aromatic carbocycles. The topological polar surface area (TPSA) is 70.8 Å². The number of nitrogen functional groups attached to an aromatic ring is 1. The third kappa shape index (κ3) is 3.11. The zero-order valence-electron chi connectivity index (χ0n) is 12.1. The summed E-state index contributed by atoms with van der Waals surface area (Å²) < 4.78 is 15.5. The molecule has 0 saturated carbocycles. The van der Waals surface area contributed by atoms with Crippen LogP contribution >= 0.6 is 11.3 Å². The Kier molecular flexibility index (Phi) is 4.70. The quantitative estimate of drug-likeness (QED) is 0.859. The van der Waals surface area contributed by atoms with E-state index in [0.717, 1.165) is 10.4 Å². The van der Waals surface area contributed by atoms with Crippen molar-refractivity contribution in [3.8, 4) is 21.9 Å². The minimum Gasteiger partial charge on any atom is -0.493 e. The molecule has 1 heterocycles. The van der Waals surface area contributed by atoms with E-state index in [9.17, 15) is 4.79 Å². The van der Waals surface area contributed by atoms with Crippen LogP contribution in [0.25, 0.3) is 10.4 Å². The summed E-state index contributed by atoms with van der Waals surface area (Å²) in [6.45, 7) is 2.08. The first kappa shape index (κ1) is 15.2. The summed E-state index contributed by atoms with van der Waals surface area (Å²) in [7, 11) is 3.16. The Morgan fingerprint density at radius 2 is 1.90 bits per heavy atom. The normalized spacial score (nSPS) is 10.2. The van der Waals surface area contributed by atoms with Gasteiger partial charge in [0.15, 0.2) is 11.5 Å². The van der Waals surface area contributed by atoms with E-state index in [1.165, 1.54) is 11.3 Å². The van der Waals surface area contributed by atoms with Crippen LogP contribution in [0.4, 0.5) is 5.00 Å². The van der Waals surface area contributed by atoms with E-state index in [4.69, 9.17) is 19.9 Å². The number of hydrogen-bond acceptors (Lipinski definition) is 6. The summed E-state index contributed by atoms with van der Waals surface area (Å²) in [5.41, 5.74) is 7.20. The van der Waals surface area contributed by atoms with E-state index in [2.05, 4.69) is 0 Å². The van der Waals surface area contributed by atoms with Gasteiger partial charge in [0.05, 0.1) is 26.4 Å². The Balaban J connectivity index is 2.39. The van der Waals surface area contributed by atoms with Gasteiger partial charge in [-0.15, -0.1) is 11.3 Å². The lowest BCUT2D eigenvalue weighted by atomic mass is 10.1. The summed E-state index contributed by atoms with van der Waals surface area (Å²) in [5, 5.41) is 0.443. The Labute approximate surface area is 127 Å². The number of methoxy groups -OCH3 is 2. The molecule has 0 bridgehead atoms. The molecule has 0 radical (unpaired) electrons. The van der Waals surface area contributed by atoms with Crippen molar-refractivity contribution in [3.05, 3.63) is 29.8 Å². The van der Waals surface area contributed by atoms with Crippen molar-refractivity contribution < 1.29 is 19.0 Å². The van der Waals surface area contributed by atoms with Crippen LogP contribution in [0.2, 0.25) is 0 Å². The highest BCUT2D eigenvalue weighted by Gasteiger charge is 2.17. The molecule has 0 fully saturated rings. The number of ether oxygens (including phenoxy) is 3. The van der Waals surface area contributed by atoms with Crippen LogP contribution < -0.4 is 15.2 Å². The monoisotopic (exact) mass is 307 g/mol. The van der Waals surface area contributed by atoms with Gasteiger partial charge in [-0.05, 0) is 36.8 Å². The fourth-order valence-electron chi connectivity index (χ4n) is 1.91. The van der Waals surface area contributed by atoms with E-state index >= 15 is 0 Å². The molecule has 5 nitrogen and oxygen atoms in total. The molecule has 0 amide bonds. The lowest BCUT2D eigenvalue weighted by Gasteiger charge is -2.08. The highest BCUT2D eigenvalue weighted by atomic mass is 32.1. The minimum atomic E-state index is -0.405. The molecule has 112 valence electrons. The van der Waals surface area contributed by atoms with Gasteiger partial charge in [-0.25, -0.2) is 4.79 Å². The molecular weight excluding hydrogens is 290 g/mol. The second-order valence-electron chi connectivity index (χ2n) is 4.18. The predicted molar refractivity (Wildman–Crippen MR) is 83.2 cm³/mol. The summed E-state index contributed by atoms with van der Waals surface area (Å²) in [6.07, 6.45) is 0. The van der Waals surface area contributed by atoms with Crippen LogP contribution in [-0.2, 0) is 4.74 Å². The second kappa shape index (κ2) is 6.49. The van der Waals surface area contributed by atoms with Crippen LogP contribution in [0.15, 0.2) is 24.3 Å². The van der Waals surface area contributed by atoms with Crippen molar-refractivity contribution in [2.75, 3.05) is 26.6 Å². The fourth-order valence-corrected chi connectivity index (χ4v) is 2.82. The molecule has 2 rings (SSSR count). The molecule has 0 aliphatic heterocycles. The van der Waals surface area contributed by atoms with Crippen LogP contribution in [0.1, 0.15) is 17.3 Å². The van der Waals surface area contributed by atoms with Crippen LogP contribution in [-0.4, -0.2) is 26.8 Å². The summed E-state index contributed by atoms with van der Waals surface area (Å²) >= 11 is 1.33. The van der Waals surface area contributed by atoms with Crippen LogP contribution in [0.3, 0.4) is 0 Å². The van der Waals surface area contributed by atoms with Crippen molar-refractivity contribution in [2.24, 2.45) is 0 Å². The lowest BCUT2D eigenvalue weighted by molar-refractivity contribution is 0.0528. The Morgan fingerprint density at radius 3 is 2.52 bits per heavy atom. The first-order chi connectivity index (χ1) is 10.1. The number of nitrogens with two attached hydrogens (primary N) is 1. The Morgan fingerprint density at radius 1 is 1.19 bits per heavy atom. The van der Waals surface area contributed by atoms with E-state index in [1.54, 1.807) is 27.2 Å². The molecule has 0 unspecified atom stereocenters. The zero-order valence-corrected chi connectivity index (χ0v) is 13.0. The molecule has 2 N–H and O–H groups in total. The fraction of sp³-hybridized carbons (Fsp3) is 0.267. The second-order valence-corrected chi connectivity index (χ2v) is 5.26. The molecule has 0 aliphatic carbocycles. The molecule has 1 aromatic heterocycles. The molecule has 0 spiro atoms. The Hall–Kier alpha value is -2.21. The van der Waals surface area contributed by atoms with Crippen molar-refractivity contribution in [2.45, 2.75) is 6.92 Å². The van der Waals surface area contributed by atoms with E-state index in [-0.39, 0.29) is 0 Å². The predicted octanol–water partition coefficient (Wildman–Crippen LogP) is 3.19. The standard InChI is InChI=1S/C15H17NO4S/c1-4-20-15(17)10-8-13(21-14(10)16)9-5-6-11(18-2)12(7-9)19-3/h5-8H,4,16H2,1-3H3. The van der Waals surface area contributed by atoms with Gasteiger partial charge in [0, 0.05) is 4.88 Å². The first-order valence-corrected chi connectivity index (χ1v) is 7.21. The SMILES string of the molecule is CCOC(=O)c1cc(-c2ccc(OC)c(OC)c2)sc1N. The van der Waals surface area contributed by atoms with Gasteiger partial charge in [0.1, 0.15) is 5.00 Å². The van der Waals surface area contributed by atoms with E-state index in [1.807, 2.05) is 18.2 Å². The van der Waals surface area contributed by atoms with Crippen molar-refractivity contribution in [3.63, 3.8) is 0 Å². The molecule has 21 heavy (non-hydrogen) atoms. The Bertz CT molecular complexity index is 651. The van der Waals surface area contributed by atoms with Gasteiger partial charge in [0.2, 0.25) is 0 Å². The third-order valence-corrected chi connectivity index (χ3v) is 3.94. The van der Waals surface area contributed by atoms with Crippen LogP contribution in [0, 0.1) is 0 Å². The molecular formula is C15H17NO4S. The number of thiophene rings is 1. The number of rotatable bonds is 5. The maximum absolute atomic E-state index is 11.8. The average Bonchev–Trinajstić information content (AvgIpc) is 2.88. The highest BCUT2D eigenvalue weighted by molar-refractivity contribution is 7.19. The third-order valence-electron chi connectivity index (χ3n) is 2.92. The van der Waals surface area contributed by atoms with Gasteiger partial charge in [-0.3, -0.25) is 0 Å². The molecule has 0 saturated heterocycles. The molecule has 0 aliphatic rings. The van der Waals surface area contributed by atoms with E-state index in [0.29, 0.717) is 28.7 Å². The van der Waals surface area contributed by atoms with Gasteiger partial charge in [-0.1, -0.05) is 0 Å². The largest absolute Gasteiger partial charge is 0.493 e. The van der Waals surface area contributed by atoms with Crippen molar-refractivity contribution in [1.82, 2.24) is 0 Å². The number of carbonyl (C=O) groups is 1.